The molecule has 1 aromatic rings. The highest BCUT2D eigenvalue weighted by Gasteiger charge is 2.17. The van der Waals surface area contributed by atoms with E-state index in [4.69, 9.17) is 9.47 Å². The molecule has 0 aromatic heterocycles. The fourth-order valence-corrected chi connectivity index (χ4v) is 2.18. The summed E-state index contributed by atoms with van der Waals surface area (Å²) in [5.74, 6) is 1.14. The smallest absolute Gasteiger partial charge is 0.251 e. The van der Waals surface area contributed by atoms with Gasteiger partial charge in [-0.1, -0.05) is 0 Å². The number of methoxy groups -OCH3 is 2. The van der Waals surface area contributed by atoms with Crippen molar-refractivity contribution in [3.05, 3.63) is 23.8 Å². The van der Waals surface area contributed by atoms with Gasteiger partial charge in [0.15, 0.2) is 0 Å². The third-order valence-electron chi connectivity index (χ3n) is 3.25. The summed E-state index contributed by atoms with van der Waals surface area (Å²) in [6, 6.07) is 5.37. The Morgan fingerprint density at radius 1 is 1.26 bits per heavy atom. The number of nitrogens with one attached hydrogen (secondary N) is 2. The third kappa shape index (κ3) is 3.61. The van der Waals surface area contributed by atoms with Crippen LogP contribution >= 0.6 is 0 Å². The van der Waals surface area contributed by atoms with Crippen LogP contribution in [0.1, 0.15) is 23.2 Å². The monoisotopic (exact) mass is 264 g/mol. The molecule has 0 saturated carbocycles. The number of hydrogen-bond donors (Lipinski definition) is 2. The van der Waals surface area contributed by atoms with Crippen molar-refractivity contribution in [1.29, 1.82) is 0 Å². The van der Waals surface area contributed by atoms with Gasteiger partial charge in [0.1, 0.15) is 11.5 Å². The highest BCUT2D eigenvalue weighted by molar-refractivity contribution is 5.95. The predicted molar refractivity (Wildman–Crippen MR) is 72.9 cm³/mol. The van der Waals surface area contributed by atoms with E-state index >= 15 is 0 Å². The molecule has 1 saturated heterocycles. The topological polar surface area (TPSA) is 59.6 Å². The van der Waals surface area contributed by atoms with Crippen LogP contribution in [0.2, 0.25) is 0 Å². The summed E-state index contributed by atoms with van der Waals surface area (Å²) < 4.78 is 10.3. The second kappa shape index (κ2) is 6.43. The molecule has 5 nitrogen and oxygen atoms in total. The molecule has 1 aliphatic rings. The first-order chi connectivity index (χ1) is 9.22. The molecule has 1 aromatic carbocycles. The maximum atomic E-state index is 12.2. The summed E-state index contributed by atoms with van der Waals surface area (Å²) in [6.45, 7) is 1.85. The molecule has 1 atom stereocenters. The van der Waals surface area contributed by atoms with Crippen molar-refractivity contribution in [1.82, 2.24) is 10.6 Å². The van der Waals surface area contributed by atoms with Crippen LogP contribution in [0, 0.1) is 0 Å². The second-order valence-corrected chi connectivity index (χ2v) is 4.62. The Hall–Kier alpha value is -1.75. The molecule has 0 radical (unpaired) electrons. The molecule has 0 unspecified atom stereocenters. The fraction of sp³-hybridized carbons (Fsp3) is 0.500. The summed E-state index contributed by atoms with van der Waals surface area (Å²) in [4.78, 5) is 12.2. The minimum atomic E-state index is -0.0918. The highest BCUT2D eigenvalue weighted by atomic mass is 16.5. The molecule has 1 heterocycles. The maximum absolute atomic E-state index is 12.2. The minimum absolute atomic E-state index is 0.0918. The number of benzene rings is 1. The van der Waals surface area contributed by atoms with E-state index in [1.165, 1.54) is 0 Å². The Kier molecular flexibility index (Phi) is 4.63. The molecule has 1 amide bonds. The molecule has 104 valence electrons. The van der Waals surface area contributed by atoms with E-state index in [9.17, 15) is 4.79 Å². The van der Waals surface area contributed by atoms with E-state index < -0.39 is 0 Å². The quantitative estimate of drug-likeness (QED) is 0.857. The summed E-state index contributed by atoms with van der Waals surface area (Å²) >= 11 is 0. The number of piperidine rings is 1. The van der Waals surface area contributed by atoms with E-state index in [2.05, 4.69) is 10.6 Å². The van der Waals surface area contributed by atoms with Crippen molar-refractivity contribution >= 4 is 5.91 Å². The molecule has 19 heavy (non-hydrogen) atoms. The van der Waals surface area contributed by atoms with Gasteiger partial charge in [0.25, 0.3) is 5.91 Å². The summed E-state index contributed by atoms with van der Waals surface area (Å²) in [7, 11) is 3.14. The van der Waals surface area contributed by atoms with Crippen LogP contribution in [-0.2, 0) is 0 Å². The van der Waals surface area contributed by atoms with Gasteiger partial charge in [-0.15, -0.1) is 0 Å². The van der Waals surface area contributed by atoms with Crippen LogP contribution in [0.4, 0.5) is 0 Å². The van der Waals surface area contributed by atoms with Crippen LogP contribution in [0.25, 0.3) is 0 Å². The Morgan fingerprint density at radius 3 is 2.47 bits per heavy atom. The SMILES string of the molecule is COc1cc(OC)cc(C(=O)N[C@H]2CCCNC2)c1. The van der Waals surface area contributed by atoms with Crippen LogP contribution in [0.15, 0.2) is 18.2 Å². The number of carbonyl (C=O) groups is 1. The highest BCUT2D eigenvalue weighted by Crippen LogP contribution is 2.22. The van der Waals surface area contributed by atoms with Crippen molar-refractivity contribution in [2.45, 2.75) is 18.9 Å². The molecule has 1 aliphatic heterocycles. The van der Waals surface area contributed by atoms with E-state index in [0.717, 1.165) is 25.9 Å². The van der Waals surface area contributed by atoms with Crippen molar-refractivity contribution in [2.75, 3.05) is 27.3 Å². The van der Waals surface area contributed by atoms with Gasteiger partial charge in [0.05, 0.1) is 14.2 Å². The van der Waals surface area contributed by atoms with Gasteiger partial charge in [0.2, 0.25) is 0 Å². The van der Waals surface area contributed by atoms with Gasteiger partial charge in [-0.3, -0.25) is 4.79 Å². The molecule has 2 N–H and O–H groups in total. The Morgan fingerprint density at radius 2 is 1.95 bits per heavy atom. The standard InChI is InChI=1S/C14H20N2O3/c1-18-12-6-10(7-13(8-12)19-2)14(17)16-11-4-3-5-15-9-11/h6-8,11,15H,3-5,9H2,1-2H3,(H,16,17)/t11-/m0/s1. The molecular weight excluding hydrogens is 244 g/mol. The normalized spacial score (nSPS) is 18.7. The average Bonchev–Trinajstić information content (AvgIpc) is 2.47. The van der Waals surface area contributed by atoms with E-state index in [0.29, 0.717) is 17.1 Å². The molecular formula is C14H20N2O3. The minimum Gasteiger partial charge on any atom is -0.497 e. The predicted octanol–water partition coefficient (Wildman–Crippen LogP) is 1.19. The zero-order valence-corrected chi connectivity index (χ0v) is 11.4. The zero-order valence-electron chi connectivity index (χ0n) is 11.4. The van der Waals surface area contributed by atoms with Gasteiger partial charge in [-0.2, -0.15) is 0 Å². The summed E-state index contributed by atoms with van der Waals surface area (Å²) in [5, 5.41) is 6.30. The fourth-order valence-electron chi connectivity index (χ4n) is 2.18. The zero-order chi connectivity index (χ0) is 13.7. The Balaban J connectivity index is 2.08. The van der Waals surface area contributed by atoms with E-state index in [1.54, 1.807) is 32.4 Å². The van der Waals surface area contributed by atoms with Crippen molar-refractivity contribution in [3.63, 3.8) is 0 Å². The van der Waals surface area contributed by atoms with Crippen LogP contribution < -0.4 is 20.1 Å². The molecule has 0 bridgehead atoms. The molecule has 2 rings (SSSR count). The van der Waals surface area contributed by atoms with Crippen LogP contribution in [0.3, 0.4) is 0 Å². The van der Waals surface area contributed by atoms with Crippen molar-refractivity contribution < 1.29 is 14.3 Å². The van der Waals surface area contributed by atoms with Gasteiger partial charge < -0.3 is 20.1 Å². The summed E-state index contributed by atoms with van der Waals surface area (Å²) in [5.41, 5.74) is 0.557. The van der Waals surface area contributed by atoms with Crippen LogP contribution in [-0.4, -0.2) is 39.3 Å². The number of amides is 1. The number of ether oxygens (including phenoxy) is 2. The lowest BCUT2D eigenvalue weighted by Crippen LogP contribution is -2.45. The largest absolute Gasteiger partial charge is 0.497 e. The first-order valence-electron chi connectivity index (χ1n) is 6.47. The maximum Gasteiger partial charge on any atom is 0.251 e. The Labute approximate surface area is 113 Å². The van der Waals surface area contributed by atoms with Gasteiger partial charge in [-0.25, -0.2) is 0 Å². The van der Waals surface area contributed by atoms with Crippen molar-refractivity contribution in [2.24, 2.45) is 0 Å². The number of hydrogen-bond acceptors (Lipinski definition) is 4. The third-order valence-corrected chi connectivity index (χ3v) is 3.25. The molecule has 0 spiro atoms. The number of carbonyl (C=O) groups excluding carboxylic acids is 1. The lowest BCUT2D eigenvalue weighted by molar-refractivity contribution is 0.0930. The average molecular weight is 264 g/mol. The Bertz CT molecular complexity index is 420. The van der Waals surface area contributed by atoms with E-state index in [1.807, 2.05) is 0 Å². The van der Waals surface area contributed by atoms with Gasteiger partial charge in [0, 0.05) is 24.2 Å². The van der Waals surface area contributed by atoms with E-state index in [-0.39, 0.29) is 11.9 Å². The lowest BCUT2D eigenvalue weighted by atomic mass is 10.1. The lowest BCUT2D eigenvalue weighted by Gasteiger charge is -2.23. The molecule has 5 heteroatoms. The molecule has 1 fully saturated rings. The van der Waals surface area contributed by atoms with Crippen molar-refractivity contribution in [3.8, 4) is 11.5 Å². The van der Waals surface area contributed by atoms with Crippen LogP contribution in [0.5, 0.6) is 11.5 Å². The first-order valence-corrected chi connectivity index (χ1v) is 6.47. The van der Waals surface area contributed by atoms with Gasteiger partial charge >= 0.3 is 0 Å². The molecule has 0 aliphatic carbocycles. The summed E-state index contributed by atoms with van der Waals surface area (Å²) in [6.07, 6.45) is 2.10. The van der Waals surface area contributed by atoms with Gasteiger partial charge in [-0.05, 0) is 31.5 Å². The second-order valence-electron chi connectivity index (χ2n) is 4.62. The number of rotatable bonds is 4. The first kappa shape index (κ1) is 13.7.